The topological polar surface area (TPSA) is 51.2 Å². The van der Waals surface area contributed by atoms with Gasteiger partial charge in [0, 0.05) is 6.42 Å². The maximum Gasteiger partial charge on any atom is 0.326 e. The smallest absolute Gasteiger partial charge is 0.293 e. The van der Waals surface area contributed by atoms with Crippen LogP contribution in [0.2, 0.25) is 0 Å². The lowest BCUT2D eigenvalue weighted by Gasteiger charge is -2.26. The summed E-state index contributed by atoms with van der Waals surface area (Å²) in [5.74, 6) is -5.34. The number of hydrogen-bond donors (Lipinski definition) is 0. The molecule has 2 aromatic rings. The lowest BCUT2D eigenvalue weighted by Crippen LogP contribution is -2.40. The Kier molecular flexibility index (Phi) is 6.64. The van der Waals surface area contributed by atoms with Gasteiger partial charge in [-0.25, -0.2) is 8.42 Å². The fraction of sp³-hybridized carbons (Fsp3) is 0.350. The Bertz CT molecular complexity index is 819. The van der Waals surface area contributed by atoms with Gasteiger partial charge in [-0.2, -0.15) is 8.78 Å². The predicted octanol–water partition coefficient (Wildman–Crippen LogP) is 4.99. The molecule has 0 N–H and O–H groups in total. The first-order valence-corrected chi connectivity index (χ1v) is 10.1. The van der Waals surface area contributed by atoms with Crippen LogP contribution in [0.1, 0.15) is 43.4 Å². The van der Waals surface area contributed by atoms with E-state index < -0.39 is 26.8 Å². The number of sulfone groups is 1. The molecule has 2 rings (SSSR count). The average Bonchev–Trinajstić information content (AvgIpc) is 2.63. The number of halogens is 2. The largest absolute Gasteiger partial charge is 0.326 e. The molecule has 0 heterocycles. The van der Waals surface area contributed by atoms with Crippen molar-refractivity contribution in [2.24, 2.45) is 0 Å². The molecule has 1 atom stereocenters. The summed E-state index contributed by atoms with van der Waals surface area (Å²) in [7, 11) is -4.46. The summed E-state index contributed by atoms with van der Waals surface area (Å²) in [6, 6.07) is 14.3. The van der Waals surface area contributed by atoms with Gasteiger partial charge >= 0.3 is 5.92 Å². The van der Waals surface area contributed by atoms with Crippen molar-refractivity contribution in [3.05, 3.63) is 66.2 Å². The van der Waals surface area contributed by atoms with Gasteiger partial charge < -0.3 is 0 Å². The molecule has 6 heteroatoms. The Morgan fingerprint density at radius 2 is 1.50 bits per heavy atom. The monoisotopic (exact) mass is 380 g/mol. The molecular formula is C20H22F2O3S. The quantitative estimate of drug-likeness (QED) is 0.576. The van der Waals surface area contributed by atoms with Crippen LogP contribution in [0.5, 0.6) is 0 Å². The van der Waals surface area contributed by atoms with Crippen molar-refractivity contribution in [1.29, 1.82) is 0 Å². The second-order valence-electron chi connectivity index (χ2n) is 6.15. The van der Waals surface area contributed by atoms with Crippen molar-refractivity contribution in [1.82, 2.24) is 0 Å². The number of unbranched alkanes of at least 4 members (excludes halogenated alkanes) is 2. The highest BCUT2D eigenvalue weighted by Gasteiger charge is 2.54. The van der Waals surface area contributed by atoms with Gasteiger partial charge in [0.1, 0.15) is 0 Å². The molecule has 140 valence electrons. The fourth-order valence-corrected chi connectivity index (χ4v) is 4.65. The van der Waals surface area contributed by atoms with Gasteiger partial charge in [0.15, 0.2) is 15.1 Å². The number of hydrogen-bond acceptors (Lipinski definition) is 3. The highest BCUT2D eigenvalue weighted by Crippen LogP contribution is 2.42. The zero-order chi connectivity index (χ0) is 19.2. The van der Waals surface area contributed by atoms with Crippen molar-refractivity contribution in [2.45, 2.75) is 48.7 Å². The van der Waals surface area contributed by atoms with E-state index in [9.17, 15) is 13.2 Å². The summed E-state index contributed by atoms with van der Waals surface area (Å²) >= 11 is 0. The number of carbonyl (C=O) groups is 1. The summed E-state index contributed by atoms with van der Waals surface area (Å²) < 4.78 is 56.1. The van der Waals surface area contributed by atoms with Crippen LogP contribution in [0, 0.1) is 0 Å². The van der Waals surface area contributed by atoms with Crippen molar-refractivity contribution in [3.63, 3.8) is 0 Å². The maximum atomic E-state index is 15.0. The lowest BCUT2D eigenvalue weighted by molar-refractivity contribution is -0.143. The third-order valence-corrected chi connectivity index (χ3v) is 6.31. The number of benzene rings is 2. The number of Topliss-reactive ketones (excluding diaryl/α,β-unsaturated/α-hetero) is 1. The van der Waals surface area contributed by atoms with E-state index in [-0.39, 0.29) is 16.9 Å². The molecule has 2 aromatic carbocycles. The minimum atomic E-state index is -4.46. The van der Waals surface area contributed by atoms with Crippen LogP contribution in [0.4, 0.5) is 8.78 Å². The van der Waals surface area contributed by atoms with Crippen LogP contribution in [-0.4, -0.2) is 20.1 Å². The van der Waals surface area contributed by atoms with E-state index >= 15 is 8.78 Å². The molecular weight excluding hydrogens is 358 g/mol. The third kappa shape index (κ3) is 4.36. The molecule has 0 aromatic heterocycles. The molecule has 0 spiro atoms. The molecule has 0 bridgehead atoms. The van der Waals surface area contributed by atoms with Gasteiger partial charge in [-0.3, -0.25) is 4.79 Å². The third-order valence-electron chi connectivity index (χ3n) is 4.19. The van der Waals surface area contributed by atoms with Crippen LogP contribution in [-0.2, 0) is 14.6 Å². The molecule has 3 nitrogen and oxygen atoms in total. The minimum Gasteiger partial charge on any atom is -0.293 e. The zero-order valence-corrected chi connectivity index (χ0v) is 15.4. The van der Waals surface area contributed by atoms with Crippen molar-refractivity contribution >= 4 is 15.6 Å². The van der Waals surface area contributed by atoms with Gasteiger partial charge in [-0.15, -0.1) is 0 Å². The molecule has 0 aliphatic rings. The number of rotatable bonds is 9. The van der Waals surface area contributed by atoms with Crippen molar-refractivity contribution < 1.29 is 22.0 Å². The Morgan fingerprint density at radius 1 is 0.962 bits per heavy atom. The van der Waals surface area contributed by atoms with E-state index in [0.29, 0.717) is 12.8 Å². The second kappa shape index (κ2) is 8.54. The van der Waals surface area contributed by atoms with Gasteiger partial charge in [-0.1, -0.05) is 68.3 Å². The lowest BCUT2D eigenvalue weighted by atomic mass is 9.99. The van der Waals surface area contributed by atoms with E-state index in [1.54, 1.807) is 12.1 Å². The van der Waals surface area contributed by atoms with E-state index in [1.165, 1.54) is 48.5 Å². The van der Waals surface area contributed by atoms with E-state index in [4.69, 9.17) is 0 Å². The minimum absolute atomic E-state index is 0.0924. The summed E-state index contributed by atoms with van der Waals surface area (Å²) in [6.45, 7) is 1.90. The second-order valence-corrected chi connectivity index (χ2v) is 8.18. The number of carbonyl (C=O) groups excluding carboxylic acids is 1. The summed E-state index contributed by atoms with van der Waals surface area (Å²) in [4.78, 5) is 12.0. The van der Waals surface area contributed by atoms with E-state index in [0.717, 1.165) is 6.42 Å². The van der Waals surface area contributed by atoms with Gasteiger partial charge in [0.2, 0.25) is 5.78 Å². The fourth-order valence-electron chi connectivity index (χ4n) is 2.81. The Balaban J connectivity index is 2.50. The number of ketones is 1. The summed E-state index contributed by atoms with van der Waals surface area (Å²) in [5.41, 5.74) is -0.0924. The summed E-state index contributed by atoms with van der Waals surface area (Å²) in [5, 5.41) is -2.24. The first-order valence-electron chi connectivity index (χ1n) is 8.56. The molecule has 0 aliphatic carbocycles. The average molecular weight is 380 g/mol. The highest BCUT2D eigenvalue weighted by atomic mass is 32.2. The SMILES string of the molecule is CCCCCC(=O)C(F)(F)C(c1ccccc1)S(=O)(=O)c1ccccc1. The summed E-state index contributed by atoms with van der Waals surface area (Å²) in [6.07, 6.45) is 1.40. The predicted molar refractivity (Wildman–Crippen MR) is 96.9 cm³/mol. The van der Waals surface area contributed by atoms with Gasteiger partial charge in [-0.05, 0) is 24.1 Å². The molecule has 0 radical (unpaired) electrons. The molecule has 26 heavy (non-hydrogen) atoms. The van der Waals surface area contributed by atoms with E-state index in [2.05, 4.69) is 0 Å². The normalized spacial score (nSPS) is 13.3. The van der Waals surface area contributed by atoms with Crippen LogP contribution in [0.3, 0.4) is 0 Å². The molecule has 0 aliphatic heterocycles. The standard InChI is InChI=1S/C20H22F2O3S/c1-2-3-6-15-18(23)20(21,22)19(16-11-7-4-8-12-16)26(24,25)17-13-9-5-10-14-17/h4-5,7-14,19H,2-3,6,15H2,1H3. The Hall–Kier alpha value is -2.08. The van der Waals surface area contributed by atoms with Gasteiger partial charge in [0.05, 0.1) is 4.90 Å². The molecule has 0 amide bonds. The van der Waals surface area contributed by atoms with E-state index in [1.807, 2.05) is 6.92 Å². The molecule has 0 fully saturated rings. The van der Waals surface area contributed by atoms with Crippen LogP contribution < -0.4 is 0 Å². The van der Waals surface area contributed by atoms with Crippen molar-refractivity contribution in [3.8, 4) is 0 Å². The Labute approximate surface area is 153 Å². The number of alkyl halides is 2. The molecule has 1 unspecified atom stereocenters. The first-order chi connectivity index (χ1) is 12.3. The van der Waals surface area contributed by atoms with Crippen LogP contribution in [0.15, 0.2) is 65.6 Å². The van der Waals surface area contributed by atoms with Crippen LogP contribution in [0.25, 0.3) is 0 Å². The maximum absolute atomic E-state index is 15.0. The van der Waals surface area contributed by atoms with Crippen molar-refractivity contribution in [2.75, 3.05) is 0 Å². The molecule has 0 saturated carbocycles. The zero-order valence-electron chi connectivity index (χ0n) is 14.6. The van der Waals surface area contributed by atoms with Gasteiger partial charge in [0.25, 0.3) is 0 Å². The highest BCUT2D eigenvalue weighted by molar-refractivity contribution is 7.91. The Morgan fingerprint density at radius 3 is 2.04 bits per heavy atom. The first kappa shape index (κ1) is 20.2. The van der Waals surface area contributed by atoms with Crippen LogP contribution >= 0.6 is 0 Å². The molecule has 0 saturated heterocycles.